The molecule has 0 aromatic heterocycles. The Kier molecular flexibility index (Phi) is 5.83. The van der Waals surface area contributed by atoms with Crippen molar-refractivity contribution in [2.45, 2.75) is 51.9 Å². The summed E-state index contributed by atoms with van der Waals surface area (Å²) >= 11 is 0. The lowest BCUT2D eigenvalue weighted by atomic mass is 9.91. The summed E-state index contributed by atoms with van der Waals surface area (Å²) in [6.07, 6.45) is 6.30. The molecule has 2 heterocycles. The van der Waals surface area contributed by atoms with Crippen LogP contribution in [0.1, 0.15) is 54.9 Å². The van der Waals surface area contributed by atoms with Crippen molar-refractivity contribution >= 4 is 5.69 Å². The maximum atomic E-state index is 3.46. The van der Waals surface area contributed by atoms with Gasteiger partial charge < -0.3 is 10.2 Å². The highest BCUT2D eigenvalue weighted by atomic mass is 15.2. The first-order valence-corrected chi connectivity index (χ1v) is 10.8. The van der Waals surface area contributed by atoms with Gasteiger partial charge in [-0.25, -0.2) is 0 Å². The first kappa shape index (κ1) is 18.6. The minimum absolute atomic E-state index is 0.631. The van der Waals surface area contributed by atoms with Crippen LogP contribution in [-0.2, 0) is 19.3 Å². The minimum Gasteiger partial charge on any atom is -0.384 e. The predicted molar refractivity (Wildman–Crippen MR) is 116 cm³/mol. The SMILES string of the molecule is CC(C)c1ccc(CCCCN2CC(Cc3ccc4c(c3)CCN4)C2)cc1. The fourth-order valence-electron chi connectivity index (χ4n) is 4.54. The van der Waals surface area contributed by atoms with E-state index in [1.54, 1.807) is 0 Å². The predicted octanol–water partition coefficient (Wildman–Crippen LogP) is 5.28. The van der Waals surface area contributed by atoms with E-state index in [1.807, 2.05) is 0 Å². The van der Waals surface area contributed by atoms with E-state index in [0.717, 1.165) is 12.5 Å². The van der Waals surface area contributed by atoms with Crippen molar-refractivity contribution in [3.8, 4) is 0 Å². The van der Waals surface area contributed by atoms with Crippen molar-refractivity contribution < 1.29 is 0 Å². The van der Waals surface area contributed by atoms with Crippen molar-refractivity contribution in [2.24, 2.45) is 5.92 Å². The Morgan fingerprint density at radius 1 is 1.00 bits per heavy atom. The smallest absolute Gasteiger partial charge is 0.0373 e. The molecule has 2 nitrogen and oxygen atoms in total. The Labute approximate surface area is 165 Å². The molecule has 2 aromatic rings. The Hall–Kier alpha value is -1.80. The number of rotatable bonds is 8. The van der Waals surface area contributed by atoms with Crippen molar-refractivity contribution in [1.29, 1.82) is 0 Å². The van der Waals surface area contributed by atoms with Gasteiger partial charge in [0, 0.05) is 25.3 Å². The van der Waals surface area contributed by atoms with Crippen molar-refractivity contribution in [3.05, 3.63) is 64.7 Å². The van der Waals surface area contributed by atoms with Gasteiger partial charge in [0.05, 0.1) is 0 Å². The highest BCUT2D eigenvalue weighted by Gasteiger charge is 2.26. The molecule has 0 spiro atoms. The molecule has 0 bridgehead atoms. The maximum Gasteiger partial charge on any atom is 0.0373 e. The van der Waals surface area contributed by atoms with Gasteiger partial charge >= 0.3 is 0 Å². The van der Waals surface area contributed by atoms with Crippen molar-refractivity contribution in [2.75, 3.05) is 31.5 Å². The number of unbranched alkanes of at least 4 members (excludes halogenated alkanes) is 1. The fraction of sp³-hybridized carbons (Fsp3) is 0.520. The van der Waals surface area contributed by atoms with Crippen LogP contribution in [0.4, 0.5) is 5.69 Å². The number of aryl methyl sites for hydroxylation is 1. The van der Waals surface area contributed by atoms with E-state index < -0.39 is 0 Å². The van der Waals surface area contributed by atoms with Gasteiger partial charge in [0.2, 0.25) is 0 Å². The zero-order valence-corrected chi connectivity index (χ0v) is 17.0. The molecule has 0 radical (unpaired) electrons. The zero-order chi connectivity index (χ0) is 18.6. The number of fused-ring (bicyclic) bond motifs is 1. The Morgan fingerprint density at radius 3 is 2.56 bits per heavy atom. The number of hydrogen-bond acceptors (Lipinski definition) is 2. The molecule has 1 N–H and O–H groups in total. The van der Waals surface area contributed by atoms with Gasteiger partial charge in [0.1, 0.15) is 0 Å². The van der Waals surface area contributed by atoms with E-state index in [4.69, 9.17) is 0 Å². The second kappa shape index (κ2) is 8.48. The molecule has 0 amide bonds. The van der Waals surface area contributed by atoms with Gasteiger partial charge in [0.15, 0.2) is 0 Å². The first-order chi connectivity index (χ1) is 13.2. The van der Waals surface area contributed by atoms with Gasteiger partial charge in [-0.3, -0.25) is 0 Å². The minimum atomic E-state index is 0.631. The molecule has 2 aliphatic heterocycles. The Balaban J connectivity index is 1.12. The van der Waals surface area contributed by atoms with Crippen LogP contribution in [0.5, 0.6) is 0 Å². The van der Waals surface area contributed by atoms with E-state index >= 15 is 0 Å². The normalized spacial score (nSPS) is 17.0. The molecule has 0 unspecified atom stereocenters. The third-order valence-electron chi connectivity index (χ3n) is 6.27. The van der Waals surface area contributed by atoms with Gasteiger partial charge in [-0.15, -0.1) is 0 Å². The zero-order valence-electron chi connectivity index (χ0n) is 17.0. The fourth-order valence-corrected chi connectivity index (χ4v) is 4.54. The third kappa shape index (κ3) is 4.73. The summed E-state index contributed by atoms with van der Waals surface area (Å²) in [5.74, 6) is 1.49. The molecule has 144 valence electrons. The summed E-state index contributed by atoms with van der Waals surface area (Å²) in [6.45, 7) is 9.48. The van der Waals surface area contributed by atoms with Crippen LogP contribution < -0.4 is 5.32 Å². The quantitative estimate of drug-likeness (QED) is 0.643. The van der Waals surface area contributed by atoms with Crippen LogP contribution >= 0.6 is 0 Å². The van der Waals surface area contributed by atoms with E-state index in [0.29, 0.717) is 5.92 Å². The van der Waals surface area contributed by atoms with E-state index in [2.05, 4.69) is 66.5 Å². The van der Waals surface area contributed by atoms with Gasteiger partial charge in [0.25, 0.3) is 0 Å². The molecule has 2 aromatic carbocycles. The molecule has 1 saturated heterocycles. The molecule has 0 atom stereocenters. The number of nitrogens with one attached hydrogen (secondary N) is 1. The first-order valence-electron chi connectivity index (χ1n) is 10.8. The topological polar surface area (TPSA) is 15.3 Å². The second-order valence-corrected chi connectivity index (χ2v) is 8.85. The van der Waals surface area contributed by atoms with Crippen LogP contribution in [-0.4, -0.2) is 31.1 Å². The van der Waals surface area contributed by atoms with Gasteiger partial charge in [-0.2, -0.15) is 0 Å². The van der Waals surface area contributed by atoms with Crippen LogP contribution in [0.15, 0.2) is 42.5 Å². The van der Waals surface area contributed by atoms with Crippen molar-refractivity contribution in [3.63, 3.8) is 0 Å². The molecule has 2 heteroatoms. The van der Waals surface area contributed by atoms with Crippen LogP contribution in [0.25, 0.3) is 0 Å². The largest absolute Gasteiger partial charge is 0.384 e. The third-order valence-corrected chi connectivity index (χ3v) is 6.27. The molecule has 2 aliphatic rings. The Bertz CT molecular complexity index is 741. The molecular formula is C25H34N2. The molecular weight excluding hydrogens is 328 g/mol. The summed E-state index contributed by atoms with van der Waals surface area (Å²) in [6, 6.07) is 16.3. The molecule has 27 heavy (non-hydrogen) atoms. The summed E-state index contributed by atoms with van der Waals surface area (Å²) in [4.78, 5) is 2.64. The molecule has 1 fully saturated rings. The average molecular weight is 363 g/mol. The van der Waals surface area contributed by atoms with E-state index in [1.165, 1.54) is 79.7 Å². The van der Waals surface area contributed by atoms with Gasteiger partial charge in [-0.05, 0) is 78.8 Å². The molecule has 0 aliphatic carbocycles. The number of hydrogen-bond donors (Lipinski definition) is 1. The van der Waals surface area contributed by atoms with Crippen molar-refractivity contribution in [1.82, 2.24) is 4.90 Å². The Morgan fingerprint density at radius 2 is 1.78 bits per heavy atom. The standard InChI is InChI=1S/C25H34N2/c1-19(2)23-9-6-20(7-10-23)5-3-4-14-27-17-22(18-27)15-21-8-11-25-24(16-21)12-13-26-25/h6-11,16,19,22,26H,3-5,12-15,17-18H2,1-2H3. The highest BCUT2D eigenvalue weighted by Crippen LogP contribution is 2.26. The molecule has 0 saturated carbocycles. The number of likely N-dealkylation sites (tertiary alicyclic amines) is 1. The molecule has 4 rings (SSSR count). The lowest BCUT2D eigenvalue weighted by Gasteiger charge is -2.39. The van der Waals surface area contributed by atoms with Crippen LogP contribution in [0.2, 0.25) is 0 Å². The summed E-state index contributed by atoms with van der Waals surface area (Å²) in [7, 11) is 0. The second-order valence-electron chi connectivity index (χ2n) is 8.85. The lowest BCUT2D eigenvalue weighted by molar-refractivity contribution is 0.0987. The number of benzene rings is 2. The van der Waals surface area contributed by atoms with Crippen LogP contribution in [0, 0.1) is 5.92 Å². The monoisotopic (exact) mass is 362 g/mol. The van der Waals surface area contributed by atoms with E-state index in [-0.39, 0.29) is 0 Å². The lowest BCUT2D eigenvalue weighted by Crippen LogP contribution is -2.47. The number of nitrogens with zero attached hydrogens (tertiary/aromatic N) is 1. The highest BCUT2D eigenvalue weighted by molar-refractivity contribution is 5.56. The maximum absolute atomic E-state index is 3.46. The average Bonchev–Trinajstić information content (AvgIpc) is 3.10. The van der Waals surface area contributed by atoms with E-state index in [9.17, 15) is 0 Å². The van der Waals surface area contributed by atoms with Crippen LogP contribution in [0.3, 0.4) is 0 Å². The summed E-state index contributed by atoms with van der Waals surface area (Å²) < 4.78 is 0. The summed E-state index contributed by atoms with van der Waals surface area (Å²) in [5.41, 5.74) is 7.35. The summed E-state index contributed by atoms with van der Waals surface area (Å²) in [5, 5.41) is 3.46. The van der Waals surface area contributed by atoms with Gasteiger partial charge in [-0.1, -0.05) is 50.2 Å². The number of anilines is 1.